The van der Waals surface area contributed by atoms with Crippen molar-refractivity contribution in [3.63, 3.8) is 0 Å². The molecule has 0 aromatic carbocycles. The highest BCUT2D eigenvalue weighted by Crippen LogP contribution is 2.12. The van der Waals surface area contributed by atoms with Crippen molar-refractivity contribution < 1.29 is 4.42 Å². The highest BCUT2D eigenvalue weighted by molar-refractivity contribution is 7.98. The van der Waals surface area contributed by atoms with Gasteiger partial charge in [-0.05, 0) is 26.4 Å². The molecule has 86 valence electrons. The van der Waals surface area contributed by atoms with Crippen LogP contribution in [0.4, 0.5) is 0 Å². The van der Waals surface area contributed by atoms with Crippen molar-refractivity contribution in [2.45, 2.75) is 13.1 Å². The third-order valence-corrected chi connectivity index (χ3v) is 2.88. The molecular formula is C11H20N2OS. The van der Waals surface area contributed by atoms with Crippen molar-refractivity contribution in [1.29, 1.82) is 0 Å². The van der Waals surface area contributed by atoms with Crippen LogP contribution in [0.1, 0.15) is 11.3 Å². The monoisotopic (exact) mass is 228 g/mol. The fourth-order valence-electron chi connectivity index (χ4n) is 1.44. The molecule has 0 aliphatic carbocycles. The van der Waals surface area contributed by atoms with Gasteiger partial charge in [0.15, 0.2) is 0 Å². The maximum absolute atomic E-state index is 5.42. The summed E-state index contributed by atoms with van der Waals surface area (Å²) in [5.41, 5.74) is 1.29. The van der Waals surface area contributed by atoms with Crippen LogP contribution in [-0.2, 0) is 13.1 Å². The molecule has 0 amide bonds. The van der Waals surface area contributed by atoms with Crippen LogP contribution < -0.4 is 5.32 Å². The molecule has 0 atom stereocenters. The van der Waals surface area contributed by atoms with E-state index >= 15 is 0 Å². The minimum Gasteiger partial charge on any atom is -0.468 e. The topological polar surface area (TPSA) is 28.4 Å². The molecule has 0 bridgehead atoms. The van der Waals surface area contributed by atoms with Crippen LogP contribution in [-0.4, -0.2) is 37.5 Å². The molecule has 1 N–H and O–H groups in total. The molecule has 0 aliphatic rings. The lowest BCUT2D eigenvalue weighted by atomic mass is 10.2. The van der Waals surface area contributed by atoms with E-state index in [-0.39, 0.29) is 0 Å². The lowest BCUT2D eigenvalue weighted by Crippen LogP contribution is -2.21. The number of thioether (sulfide) groups is 1. The molecule has 1 aromatic rings. The van der Waals surface area contributed by atoms with Gasteiger partial charge >= 0.3 is 0 Å². The molecule has 0 radical (unpaired) electrons. The second kappa shape index (κ2) is 6.93. The van der Waals surface area contributed by atoms with Gasteiger partial charge in [-0.2, -0.15) is 11.8 Å². The summed E-state index contributed by atoms with van der Waals surface area (Å²) >= 11 is 1.88. The van der Waals surface area contributed by atoms with E-state index in [0.717, 1.165) is 25.4 Å². The van der Waals surface area contributed by atoms with E-state index in [4.69, 9.17) is 4.42 Å². The minimum atomic E-state index is 0.804. The first-order valence-electron chi connectivity index (χ1n) is 5.15. The minimum absolute atomic E-state index is 0.804. The normalized spacial score (nSPS) is 11.2. The van der Waals surface area contributed by atoms with E-state index in [1.165, 1.54) is 11.3 Å². The zero-order valence-electron chi connectivity index (χ0n) is 9.75. The van der Waals surface area contributed by atoms with E-state index in [1.54, 1.807) is 6.26 Å². The summed E-state index contributed by atoms with van der Waals surface area (Å²) in [4.78, 5) is 2.32. The molecular weight excluding hydrogens is 208 g/mol. The van der Waals surface area contributed by atoms with Crippen LogP contribution in [0.2, 0.25) is 0 Å². The number of hydrogen-bond donors (Lipinski definition) is 1. The second-order valence-corrected chi connectivity index (χ2v) is 4.62. The second-order valence-electron chi connectivity index (χ2n) is 3.63. The Morgan fingerprint density at radius 1 is 1.53 bits per heavy atom. The van der Waals surface area contributed by atoms with Gasteiger partial charge in [0.05, 0.1) is 12.8 Å². The molecule has 0 saturated heterocycles. The SMILES string of the molecule is CNCc1occc1CN(C)CCSC. The predicted octanol–water partition coefficient (Wildman–Crippen LogP) is 1.79. The summed E-state index contributed by atoms with van der Waals surface area (Å²) in [5, 5.41) is 3.11. The molecule has 1 heterocycles. The Kier molecular flexibility index (Phi) is 5.83. The Balaban J connectivity index is 2.44. The van der Waals surface area contributed by atoms with Crippen LogP contribution in [0, 0.1) is 0 Å². The standard InChI is InChI=1S/C11H20N2OS/c1-12-8-11-10(4-6-14-11)9-13(2)5-7-15-3/h4,6,12H,5,7-9H2,1-3H3. The zero-order chi connectivity index (χ0) is 11.1. The van der Waals surface area contributed by atoms with E-state index in [1.807, 2.05) is 18.8 Å². The number of nitrogens with one attached hydrogen (secondary N) is 1. The maximum Gasteiger partial charge on any atom is 0.122 e. The molecule has 4 heteroatoms. The predicted molar refractivity (Wildman–Crippen MR) is 66.2 cm³/mol. The first-order valence-corrected chi connectivity index (χ1v) is 6.54. The van der Waals surface area contributed by atoms with Gasteiger partial charge in [-0.15, -0.1) is 0 Å². The Morgan fingerprint density at radius 3 is 3.00 bits per heavy atom. The van der Waals surface area contributed by atoms with Gasteiger partial charge in [0.1, 0.15) is 5.76 Å². The summed E-state index contributed by atoms with van der Waals surface area (Å²) in [6, 6.07) is 2.06. The third kappa shape index (κ3) is 4.28. The molecule has 0 spiro atoms. The fraction of sp³-hybridized carbons (Fsp3) is 0.636. The lowest BCUT2D eigenvalue weighted by molar-refractivity contribution is 0.343. The number of hydrogen-bond acceptors (Lipinski definition) is 4. The summed E-state index contributed by atoms with van der Waals surface area (Å²) in [7, 11) is 4.08. The van der Waals surface area contributed by atoms with Gasteiger partial charge < -0.3 is 14.6 Å². The Hall–Kier alpha value is -0.450. The zero-order valence-corrected chi connectivity index (χ0v) is 10.6. The van der Waals surface area contributed by atoms with Gasteiger partial charge in [-0.1, -0.05) is 0 Å². The summed E-state index contributed by atoms with van der Waals surface area (Å²) < 4.78 is 5.42. The van der Waals surface area contributed by atoms with E-state index in [2.05, 4.69) is 29.6 Å². The fourth-order valence-corrected chi connectivity index (χ4v) is 1.93. The molecule has 1 aromatic heterocycles. The van der Waals surface area contributed by atoms with Gasteiger partial charge in [-0.25, -0.2) is 0 Å². The largest absolute Gasteiger partial charge is 0.468 e. The summed E-state index contributed by atoms with van der Waals surface area (Å²) in [6.07, 6.45) is 3.91. The highest BCUT2D eigenvalue weighted by atomic mass is 32.2. The van der Waals surface area contributed by atoms with Crippen LogP contribution in [0.5, 0.6) is 0 Å². The summed E-state index contributed by atoms with van der Waals surface area (Å²) in [5.74, 6) is 2.23. The van der Waals surface area contributed by atoms with Crippen molar-refractivity contribution in [2.75, 3.05) is 32.6 Å². The molecule has 3 nitrogen and oxygen atoms in total. The number of nitrogens with zero attached hydrogens (tertiary/aromatic N) is 1. The average molecular weight is 228 g/mol. The van der Waals surface area contributed by atoms with Crippen molar-refractivity contribution in [3.8, 4) is 0 Å². The van der Waals surface area contributed by atoms with Crippen molar-refractivity contribution in [1.82, 2.24) is 10.2 Å². The first-order chi connectivity index (χ1) is 7.27. The van der Waals surface area contributed by atoms with E-state index in [0.29, 0.717) is 0 Å². The Labute approximate surface area is 96.2 Å². The van der Waals surface area contributed by atoms with E-state index < -0.39 is 0 Å². The van der Waals surface area contributed by atoms with Crippen molar-refractivity contribution >= 4 is 11.8 Å². The Bertz CT molecular complexity index is 275. The average Bonchev–Trinajstić information content (AvgIpc) is 2.63. The van der Waals surface area contributed by atoms with Crippen LogP contribution in [0.3, 0.4) is 0 Å². The lowest BCUT2D eigenvalue weighted by Gasteiger charge is -2.15. The molecule has 0 unspecified atom stereocenters. The van der Waals surface area contributed by atoms with Gasteiger partial charge in [0.25, 0.3) is 0 Å². The summed E-state index contributed by atoms with van der Waals surface area (Å²) in [6.45, 7) is 2.89. The van der Waals surface area contributed by atoms with Crippen LogP contribution >= 0.6 is 11.8 Å². The highest BCUT2D eigenvalue weighted by Gasteiger charge is 2.07. The third-order valence-electron chi connectivity index (χ3n) is 2.29. The quantitative estimate of drug-likeness (QED) is 0.770. The molecule has 0 saturated carbocycles. The number of rotatable bonds is 7. The van der Waals surface area contributed by atoms with Crippen molar-refractivity contribution in [2.24, 2.45) is 0 Å². The molecule has 0 fully saturated rings. The Morgan fingerprint density at radius 2 is 2.33 bits per heavy atom. The maximum atomic E-state index is 5.42. The molecule has 0 aliphatic heterocycles. The number of furan rings is 1. The van der Waals surface area contributed by atoms with E-state index in [9.17, 15) is 0 Å². The molecule has 1 rings (SSSR count). The first kappa shape index (κ1) is 12.6. The molecule has 15 heavy (non-hydrogen) atoms. The van der Waals surface area contributed by atoms with Gasteiger partial charge in [0, 0.05) is 24.4 Å². The van der Waals surface area contributed by atoms with Gasteiger partial charge in [-0.3, -0.25) is 0 Å². The van der Waals surface area contributed by atoms with Crippen LogP contribution in [0.25, 0.3) is 0 Å². The van der Waals surface area contributed by atoms with Crippen LogP contribution in [0.15, 0.2) is 16.7 Å². The van der Waals surface area contributed by atoms with Crippen molar-refractivity contribution in [3.05, 3.63) is 23.7 Å². The van der Waals surface area contributed by atoms with Gasteiger partial charge in [0.2, 0.25) is 0 Å². The smallest absolute Gasteiger partial charge is 0.122 e.